The van der Waals surface area contributed by atoms with Crippen molar-refractivity contribution in [3.05, 3.63) is 30.7 Å². The lowest BCUT2D eigenvalue weighted by atomic mass is 9.97. The summed E-state index contributed by atoms with van der Waals surface area (Å²) in [6.45, 7) is 6.84. The predicted octanol–water partition coefficient (Wildman–Crippen LogP) is 2.50. The molecule has 2 amide bonds. The van der Waals surface area contributed by atoms with Gasteiger partial charge in [-0.15, -0.1) is 0 Å². The van der Waals surface area contributed by atoms with E-state index in [4.69, 9.17) is 0 Å². The lowest BCUT2D eigenvalue weighted by Crippen LogP contribution is -2.35. The second-order valence-electron chi connectivity index (χ2n) is 5.45. The molecule has 0 unspecified atom stereocenters. The summed E-state index contributed by atoms with van der Waals surface area (Å²) < 4.78 is 1.86. The van der Waals surface area contributed by atoms with E-state index in [1.54, 1.807) is 6.20 Å². The largest absolute Gasteiger partial charge is 0.337 e. The van der Waals surface area contributed by atoms with Gasteiger partial charge in [-0.1, -0.05) is 20.8 Å². The number of hydrogen-bond donors (Lipinski definition) is 2. The summed E-state index contributed by atoms with van der Waals surface area (Å²) in [5.74, 6) is 0. The smallest absolute Gasteiger partial charge is 0.319 e. The Morgan fingerprint density at radius 1 is 1.39 bits per heavy atom. The van der Waals surface area contributed by atoms with Gasteiger partial charge in [-0.05, 0) is 17.5 Å². The van der Waals surface area contributed by atoms with E-state index in [9.17, 15) is 4.79 Å². The number of amides is 2. The molecule has 0 aliphatic carbocycles. The van der Waals surface area contributed by atoms with Gasteiger partial charge in [0, 0.05) is 25.1 Å². The Balaban J connectivity index is 2.05. The SMILES string of the molecule is CC(C)(C)CNC(=O)Nc1cccn2ccnc12. The molecule has 0 aromatic carbocycles. The number of urea groups is 1. The van der Waals surface area contributed by atoms with Gasteiger partial charge in [0.25, 0.3) is 0 Å². The Morgan fingerprint density at radius 3 is 2.89 bits per heavy atom. The summed E-state index contributed by atoms with van der Waals surface area (Å²) >= 11 is 0. The van der Waals surface area contributed by atoms with Crippen LogP contribution in [0.5, 0.6) is 0 Å². The number of imidazole rings is 1. The molecule has 5 heteroatoms. The highest BCUT2D eigenvalue weighted by Gasteiger charge is 2.12. The molecule has 2 heterocycles. The van der Waals surface area contributed by atoms with Crippen LogP contribution < -0.4 is 10.6 Å². The molecule has 0 aliphatic rings. The molecule has 5 nitrogen and oxygen atoms in total. The van der Waals surface area contributed by atoms with Crippen molar-refractivity contribution in [3.8, 4) is 0 Å². The standard InChI is InChI=1S/C13H18N4O/c1-13(2,3)9-15-12(18)16-10-5-4-7-17-8-6-14-11(10)17/h4-8H,9H2,1-3H3,(H2,15,16,18). The third-order valence-electron chi connectivity index (χ3n) is 2.45. The van der Waals surface area contributed by atoms with Gasteiger partial charge in [0.05, 0.1) is 5.69 Å². The molecule has 2 aromatic rings. The Kier molecular flexibility index (Phi) is 3.23. The van der Waals surface area contributed by atoms with Crippen LogP contribution in [0.25, 0.3) is 5.65 Å². The van der Waals surface area contributed by atoms with E-state index < -0.39 is 0 Å². The minimum Gasteiger partial charge on any atom is -0.337 e. The zero-order chi connectivity index (χ0) is 13.2. The fourth-order valence-corrected chi connectivity index (χ4v) is 1.56. The molecular weight excluding hydrogens is 228 g/mol. The number of anilines is 1. The fourth-order valence-electron chi connectivity index (χ4n) is 1.56. The van der Waals surface area contributed by atoms with E-state index in [-0.39, 0.29) is 11.4 Å². The number of fused-ring (bicyclic) bond motifs is 1. The second-order valence-corrected chi connectivity index (χ2v) is 5.45. The second kappa shape index (κ2) is 4.68. The average Bonchev–Trinajstić information content (AvgIpc) is 2.74. The van der Waals surface area contributed by atoms with E-state index in [2.05, 4.69) is 36.4 Å². The zero-order valence-electron chi connectivity index (χ0n) is 10.9. The van der Waals surface area contributed by atoms with E-state index in [1.807, 2.05) is 28.9 Å². The van der Waals surface area contributed by atoms with E-state index in [0.29, 0.717) is 12.2 Å². The topological polar surface area (TPSA) is 58.4 Å². The zero-order valence-corrected chi connectivity index (χ0v) is 10.9. The van der Waals surface area contributed by atoms with Crippen LogP contribution in [-0.2, 0) is 0 Å². The van der Waals surface area contributed by atoms with Crippen LogP contribution in [0.2, 0.25) is 0 Å². The van der Waals surface area contributed by atoms with Crippen LogP contribution in [0.15, 0.2) is 30.7 Å². The third-order valence-corrected chi connectivity index (χ3v) is 2.45. The van der Waals surface area contributed by atoms with Gasteiger partial charge in [0.15, 0.2) is 5.65 Å². The molecule has 0 saturated carbocycles. The monoisotopic (exact) mass is 246 g/mol. The Hall–Kier alpha value is -2.04. The maximum atomic E-state index is 11.8. The van der Waals surface area contributed by atoms with Crippen LogP contribution in [0.3, 0.4) is 0 Å². The van der Waals surface area contributed by atoms with Crippen molar-refractivity contribution in [1.29, 1.82) is 0 Å². The summed E-state index contributed by atoms with van der Waals surface area (Å²) in [5, 5.41) is 5.65. The van der Waals surface area contributed by atoms with Crippen molar-refractivity contribution in [1.82, 2.24) is 14.7 Å². The highest BCUT2D eigenvalue weighted by Crippen LogP contribution is 2.14. The molecule has 0 atom stereocenters. The lowest BCUT2D eigenvalue weighted by molar-refractivity contribution is 0.247. The number of aromatic nitrogens is 2. The van der Waals surface area contributed by atoms with Gasteiger partial charge < -0.3 is 15.0 Å². The van der Waals surface area contributed by atoms with Crippen molar-refractivity contribution in [3.63, 3.8) is 0 Å². The fraction of sp³-hybridized carbons (Fsp3) is 0.385. The number of nitrogens with one attached hydrogen (secondary N) is 2. The van der Waals surface area contributed by atoms with Gasteiger partial charge in [0.1, 0.15) is 0 Å². The minimum absolute atomic E-state index is 0.0661. The van der Waals surface area contributed by atoms with Crippen LogP contribution in [-0.4, -0.2) is 22.0 Å². The van der Waals surface area contributed by atoms with Gasteiger partial charge >= 0.3 is 6.03 Å². The van der Waals surface area contributed by atoms with Crippen molar-refractivity contribution in [2.45, 2.75) is 20.8 Å². The summed E-state index contributed by atoms with van der Waals surface area (Å²) in [6.07, 6.45) is 5.43. The van der Waals surface area contributed by atoms with E-state index in [1.165, 1.54) is 0 Å². The molecule has 0 aliphatic heterocycles. The first-order valence-corrected chi connectivity index (χ1v) is 5.92. The molecular formula is C13H18N4O. The highest BCUT2D eigenvalue weighted by atomic mass is 16.2. The average molecular weight is 246 g/mol. The number of hydrogen-bond acceptors (Lipinski definition) is 2. The minimum atomic E-state index is -0.207. The van der Waals surface area contributed by atoms with Crippen molar-refractivity contribution < 1.29 is 4.79 Å². The third kappa shape index (κ3) is 3.00. The Labute approximate surface area is 106 Å². The molecule has 96 valence electrons. The van der Waals surface area contributed by atoms with Crippen LogP contribution in [0.4, 0.5) is 10.5 Å². The first-order valence-electron chi connectivity index (χ1n) is 5.92. The molecule has 2 rings (SSSR count). The van der Waals surface area contributed by atoms with Crippen LogP contribution in [0, 0.1) is 5.41 Å². The van der Waals surface area contributed by atoms with Crippen molar-refractivity contribution >= 4 is 17.4 Å². The molecule has 0 saturated heterocycles. The Morgan fingerprint density at radius 2 is 2.17 bits per heavy atom. The Bertz CT molecular complexity index is 553. The predicted molar refractivity (Wildman–Crippen MR) is 71.7 cm³/mol. The summed E-state index contributed by atoms with van der Waals surface area (Å²) in [7, 11) is 0. The number of rotatable bonds is 2. The highest BCUT2D eigenvalue weighted by molar-refractivity contribution is 5.93. The molecule has 0 radical (unpaired) electrons. The van der Waals surface area contributed by atoms with Gasteiger partial charge in [-0.2, -0.15) is 0 Å². The molecule has 2 aromatic heterocycles. The van der Waals surface area contributed by atoms with Gasteiger partial charge in [-0.3, -0.25) is 0 Å². The quantitative estimate of drug-likeness (QED) is 0.855. The van der Waals surface area contributed by atoms with Gasteiger partial charge in [0.2, 0.25) is 0 Å². The normalized spacial score (nSPS) is 11.5. The van der Waals surface area contributed by atoms with Crippen molar-refractivity contribution in [2.75, 3.05) is 11.9 Å². The van der Waals surface area contributed by atoms with Gasteiger partial charge in [-0.25, -0.2) is 9.78 Å². The number of nitrogens with zero attached hydrogens (tertiary/aromatic N) is 2. The maximum Gasteiger partial charge on any atom is 0.319 e. The van der Waals surface area contributed by atoms with Crippen LogP contribution in [0.1, 0.15) is 20.8 Å². The maximum absolute atomic E-state index is 11.8. The summed E-state index contributed by atoms with van der Waals surface area (Å²) in [5.41, 5.74) is 1.51. The number of pyridine rings is 1. The number of carbonyl (C=O) groups is 1. The molecule has 0 spiro atoms. The first-order chi connectivity index (χ1) is 8.46. The van der Waals surface area contributed by atoms with E-state index >= 15 is 0 Å². The van der Waals surface area contributed by atoms with Crippen molar-refractivity contribution in [2.24, 2.45) is 5.41 Å². The first kappa shape index (κ1) is 12.4. The number of carbonyl (C=O) groups excluding carboxylic acids is 1. The van der Waals surface area contributed by atoms with E-state index in [0.717, 1.165) is 5.65 Å². The summed E-state index contributed by atoms with van der Waals surface area (Å²) in [4.78, 5) is 16.0. The molecule has 18 heavy (non-hydrogen) atoms. The molecule has 0 bridgehead atoms. The van der Waals surface area contributed by atoms with Crippen LogP contribution >= 0.6 is 0 Å². The summed E-state index contributed by atoms with van der Waals surface area (Å²) in [6, 6.07) is 3.49. The lowest BCUT2D eigenvalue weighted by Gasteiger charge is -2.19. The molecule has 2 N–H and O–H groups in total. The molecule has 0 fully saturated rings.